The van der Waals surface area contributed by atoms with Gasteiger partial charge in [-0.1, -0.05) is 0 Å². The number of hydrogen-bond donors (Lipinski definition) is 5. The summed E-state index contributed by atoms with van der Waals surface area (Å²) in [5, 5.41) is 5.37. The van der Waals surface area contributed by atoms with Crippen molar-refractivity contribution in [2.45, 2.75) is 12.0 Å². The van der Waals surface area contributed by atoms with Gasteiger partial charge in [0.15, 0.2) is 0 Å². The van der Waals surface area contributed by atoms with Crippen LogP contribution in [0.5, 0.6) is 0 Å². The van der Waals surface area contributed by atoms with Gasteiger partial charge in [-0.15, -0.1) is 0 Å². The zero-order valence-electron chi connectivity index (χ0n) is 7.75. The Balaban J connectivity index is -0.000000167. The fourth-order valence-electron chi connectivity index (χ4n) is 0.170. The smallest absolute Gasteiger partial charge is 0.368 e. The predicted molar refractivity (Wildman–Crippen MR) is 46.2 cm³/mol. The zero-order chi connectivity index (χ0) is 9.50. The van der Waals surface area contributed by atoms with Gasteiger partial charge < -0.3 is 24.7 Å². The fourth-order valence-corrected chi connectivity index (χ4v) is 1.53. The third-order valence-corrected chi connectivity index (χ3v) is 4.87. The molecular formula is C2H8CuK2O7P2. The molecule has 0 spiro atoms. The quantitative estimate of drug-likeness (QED) is 0.295. The van der Waals surface area contributed by atoms with E-state index in [1.165, 1.54) is 0 Å². The van der Waals surface area contributed by atoms with Crippen molar-refractivity contribution in [3.05, 3.63) is 0 Å². The van der Waals surface area contributed by atoms with E-state index >= 15 is 0 Å². The summed E-state index contributed by atoms with van der Waals surface area (Å²) in [6.45, 7) is 0.383. The van der Waals surface area contributed by atoms with Crippen LogP contribution in [0.4, 0.5) is 0 Å². The van der Waals surface area contributed by atoms with Gasteiger partial charge in [-0.3, -0.25) is 9.13 Å². The molecule has 0 atom stereocenters. The summed E-state index contributed by atoms with van der Waals surface area (Å²) in [5.41, 5.74) is 0. The van der Waals surface area contributed by atoms with Gasteiger partial charge in [0.05, 0.1) is 0 Å². The first kappa shape index (κ1) is 26.6. The molecule has 0 rings (SSSR count). The molecule has 0 heterocycles. The first-order valence-corrected chi connectivity index (χ1v) is 5.56. The van der Waals surface area contributed by atoms with E-state index in [9.17, 15) is 9.13 Å². The minimum atomic E-state index is -5.20. The van der Waals surface area contributed by atoms with Crippen LogP contribution in [0.3, 0.4) is 0 Å². The van der Waals surface area contributed by atoms with Crippen LogP contribution in [0.1, 0.15) is 6.92 Å². The molecule has 0 saturated carbocycles. The molecule has 5 N–H and O–H groups in total. The van der Waals surface area contributed by atoms with Crippen molar-refractivity contribution in [3.8, 4) is 0 Å². The van der Waals surface area contributed by atoms with Crippen LogP contribution in [0.25, 0.3) is 0 Å². The largest absolute Gasteiger partial charge is 0.369 e. The van der Waals surface area contributed by atoms with Gasteiger partial charge in [0.1, 0.15) is 0 Å². The normalized spacial score (nSPS) is 11.9. The summed E-state index contributed by atoms with van der Waals surface area (Å²) in [6, 6.07) is 0. The number of hydrogen-bond acceptors (Lipinski definition) is 3. The number of rotatable bonds is 2. The molecule has 7 nitrogen and oxygen atoms in total. The van der Waals surface area contributed by atoms with E-state index in [1.807, 2.05) is 0 Å². The van der Waals surface area contributed by atoms with E-state index in [-0.39, 0.29) is 120 Å². The Kier molecular flexibility index (Phi) is 17.2. The van der Waals surface area contributed by atoms with Crippen molar-refractivity contribution in [2.75, 3.05) is 0 Å². The fraction of sp³-hybridized carbons (Fsp3) is 1.00. The first-order chi connectivity index (χ1) is 4.50. The molecule has 0 amide bonds. The molecule has 0 fully saturated rings. The predicted octanol–water partition coefficient (Wildman–Crippen LogP) is -1.76. The van der Waals surface area contributed by atoms with E-state index in [2.05, 4.69) is 0 Å². The topological polar surface area (TPSA) is 135 Å². The van der Waals surface area contributed by atoms with Crippen molar-refractivity contribution >= 4 is 118 Å². The molecule has 0 unspecified atom stereocenters. The SMILES string of the molecule is CC(O)(P(=O)(O)O)P(=O)(O)O.[Cu].[K].[K]. The average molecular weight is 348 g/mol. The summed E-state index contributed by atoms with van der Waals surface area (Å²) in [4.78, 5) is 33.0. The molecule has 0 aromatic heterocycles. The molecule has 0 saturated heterocycles. The molecule has 0 aliphatic rings. The minimum absolute atomic E-state index is 0. The summed E-state index contributed by atoms with van der Waals surface area (Å²) in [6.07, 6.45) is 0. The van der Waals surface area contributed by atoms with Crippen molar-refractivity contribution in [1.29, 1.82) is 0 Å². The minimum Gasteiger partial charge on any atom is -0.368 e. The van der Waals surface area contributed by atoms with E-state index < -0.39 is 20.3 Å². The molecule has 14 heavy (non-hydrogen) atoms. The first-order valence-electron chi connectivity index (χ1n) is 2.34. The van der Waals surface area contributed by atoms with Gasteiger partial charge in [0, 0.05) is 120 Å². The summed E-state index contributed by atoms with van der Waals surface area (Å²) >= 11 is 0. The van der Waals surface area contributed by atoms with Gasteiger partial charge >= 0.3 is 15.2 Å². The molecule has 81 valence electrons. The van der Waals surface area contributed by atoms with Gasteiger partial charge in [0.2, 0.25) is 0 Å². The second-order valence-corrected chi connectivity index (χ2v) is 6.33. The van der Waals surface area contributed by atoms with Crippen LogP contribution < -0.4 is 0 Å². The number of aliphatic hydroxyl groups is 1. The van der Waals surface area contributed by atoms with Crippen molar-refractivity contribution in [1.82, 2.24) is 0 Å². The second-order valence-electron chi connectivity index (χ2n) is 2.06. The maximum absolute atomic E-state index is 10.3. The van der Waals surface area contributed by atoms with Gasteiger partial charge in [-0.2, -0.15) is 0 Å². The second kappa shape index (κ2) is 9.04. The van der Waals surface area contributed by atoms with Crippen LogP contribution in [0, 0.1) is 0 Å². The molecule has 3 radical (unpaired) electrons. The Hall–Kier alpha value is 4.05. The third kappa shape index (κ3) is 7.48. The summed E-state index contributed by atoms with van der Waals surface area (Å²) in [7, 11) is -10.4. The maximum Gasteiger partial charge on any atom is 0.369 e. The van der Waals surface area contributed by atoms with Gasteiger partial charge in [0.25, 0.3) is 5.08 Å². The molecule has 0 aromatic rings. The Morgan fingerprint density at radius 1 is 0.929 bits per heavy atom. The van der Waals surface area contributed by atoms with Crippen molar-refractivity contribution in [2.24, 2.45) is 0 Å². The van der Waals surface area contributed by atoms with E-state index in [0.29, 0.717) is 6.92 Å². The van der Waals surface area contributed by atoms with Crippen molar-refractivity contribution in [3.63, 3.8) is 0 Å². The monoisotopic (exact) mass is 347 g/mol. The molecule has 0 aliphatic carbocycles. The zero-order valence-corrected chi connectivity index (χ0v) is 16.7. The van der Waals surface area contributed by atoms with E-state index in [1.54, 1.807) is 0 Å². The Labute approximate surface area is 176 Å². The van der Waals surface area contributed by atoms with Crippen LogP contribution >= 0.6 is 15.2 Å². The Morgan fingerprint density at radius 2 is 1.07 bits per heavy atom. The standard InChI is InChI=1S/C2H8O7P2.Cu.2K/c1-2(3,10(4,5)6)11(7,8)9;;;/h3H,1H3,(H2,4,5,6)(H2,7,8,9);;;. The molecule has 12 heteroatoms. The van der Waals surface area contributed by atoms with Gasteiger partial charge in [-0.25, -0.2) is 0 Å². The average Bonchev–Trinajstić information content (AvgIpc) is 1.58. The molecular weight excluding hydrogens is 340 g/mol. The van der Waals surface area contributed by atoms with Crippen molar-refractivity contribution < 1.29 is 50.9 Å². The Bertz CT molecular complexity index is 220. The van der Waals surface area contributed by atoms with E-state index in [4.69, 9.17) is 24.7 Å². The summed E-state index contributed by atoms with van der Waals surface area (Å²) in [5.74, 6) is 0. The Morgan fingerprint density at radius 3 is 1.07 bits per heavy atom. The summed E-state index contributed by atoms with van der Waals surface area (Å²) < 4.78 is 20.5. The van der Waals surface area contributed by atoms with Crippen LogP contribution in [-0.2, 0) is 26.2 Å². The third-order valence-electron chi connectivity index (χ3n) is 1.10. The van der Waals surface area contributed by atoms with E-state index in [0.717, 1.165) is 0 Å². The van der Waals surface area contributed by atoms with Crippen LogP contribution in [0.2, 0.25) is 0 Å². The molecule has 0 bridgehead atoms. The van der Waals surface area contributed by atoms with Gasteiger partial charge in [-0.05, 0) is 6.92 Å². The molecule has 0 aliphatic heterocycles. The maximum atomic E-state index is 10.3. The van der Waals surface area contributed by atoms with Crippen LogP contribution in [-0.4, -0.2) is 133 Å². The molecule has 0 aromatic carbocycles. The van der Waals surface area contributed by atoms with Crippen LogP contribution in [0.15, 0.2) is 0 Å².